The third kappa shape index (κ3) is 5.80. The molecular formula is C12H15N3O5. The summed E-state index contributed by atoms with van der Waals surface area (Å²) in [6.07, 6.45) is 3.15. The molecule has 1 aromatic rings. The molecule has 20 heavy (non-hydrogen) atoms. The highest BCUT2D eigenvalue weighted by Crippen LogP contribution is 1.96. The van der Waals surface area contributed by atoms with E-state index in [1.165, 1.54) is 0 Å². The van der Waals surface area contributed by atoms with Crippen LogP contribution in [0.15, 0.2) is 24.5 Å². The van der Waals surface area contributed by atoms with E-state index in [1.54, 1.807) is 18.5 Å². The topological polar surface area (TPSA) is 129 Å². The first-order valence-corrected chi connectivity index (χ1v) is 5.87. The Morgan fingerprint density at radius 3 is 2.60 bits per heavy atom. The van der Waals surface area contributed by atoms with Crippen molar-refractivity contribution in [3.63, 3.8) is 0 Å². The first-order valence-electron chi connectivity index (χ1n) is 5.87. The minimum atomic E-state index is -1.45. The molecule has 0 bridgehead atoms. The van der Waals surface area contributed by atoms with Crippen LogP contribution in [0.25, 0.3) is 0 Å². The molecule has 4 N–H and O–H groups in total. The zero-order valence-corrected chi connectivity index (χ0v) is 10.6. The largest absolute Gasteiger partial charge is 0.481 e. The first kappa shape index (κ1) is 15.4. The van der Waals surface area contributed by atoms with Crippen LogP contribution >= 0.6 is 0 Å². The predicted octanol–water partition coefficient (Wildman–Crippen LogP) is -0.149. The number of aliphatic carboxylic acids is 2. The summed E-state index contributed by atoms with van der Waals surface area (Å²) >= 11 is 0. The van der Waals surface area contributed by atoms with E-state index >= 15 is 0 Å². The lowest BCUT2D eigenvalue weighted by atomic mass is 10.2. The van der Waals surface area contributed by atoms with Gasteiger partial charge < -0.3 is 20.8 Å². The smallest absolute Gasteiger partial charge is 0.326 e. The normalized spacial score (nSPS) is 11.4. The Morgan fingerprint density at radius 1 is 1.30 bits per heavy atom. The number of carboxylic acid groups (broad SMARTS) is 2. The van der Waals surface area contributed by atoms with E-state index in [0.717, 1.165) is 5.56 Å². The zero-order chi connectivity index (χ0) is 15.0. The van der Waals surface area contributed by atoms with Gasteiger partial charge in [0.15, 0.2) is 0 Å². The number of hydrogen-bond acceptors (Lipinski definition) is 4. The van der Waals surface area contributed by atoms with Crippen LogP contribution in [-0.2, 0) is 16.0 Å². The molecule has 0 aliphatic heterocycles. The number of carbonyl (C=O) groups is 3. The van der Waals surface area contributed by atoms with Crippen LogP contribution in [0.5, 0.6) is 0 Å². The van der Waals surface area contributed by atoms with Gasteiger partial charge in [-0.25, -0.2) is 9.59 Å². The van der Waals surface area contributed by atoms with Crippen molar-refractivity contribution in [2.45, 2.75) is 18.9 Å². The molecule has 0 saturated carbocycles. The van der Waals surface area contributed by atoms with Crippen molar-refractivity contribution >= 4 is 18.0 Å². The average Bonchev–Trinajstić information content (AvgIpc) is 2.38. The van der Waals surface area contributed by atoms with Gasteiger partial charge in [0.2, 0.25) is 0 Å². The Kier molecular flexibility index (Phi) is 5.95. The van der Waals surface area contributed by atoms with Crippen LogP contribution < -0.4 is 10.6 Å². The number of nitrogens with one attached hydrogen (secondary N) is 2. The van der Waals surface area contributed by atoms with E-state index in [9.17, 15) is 14.4 Å². The molecule has 108 valence electrons. The number of carbonyl (C=O) groups excluding carboxylic acids is 1. The SMILES string of the molecule is O=C(O)C[C@@H](NC(=O)NCCc1cccnc1)C(=O)O. The number of carboxylic acids is 2. The number of amides is 2. The van der Waals surface area contributed by atoms with Gasteiger partial charge in [-0.1, -0.05) is 6.07 Å². The summed E-state index contributed by atoms with van der Waals surface area (Å²) in [5, 5.41) is 21.8. The van der Waals surface area contributed by atoms with E-state index in [0.29, 0.717) is 6.42 Å². The monoisotopic (exact) mass is 281 g/mol. The van der Waals surface area contributed by atoms with Crippen molar-refractivity contribution in [2.75, 3.05) is 6.54 Å². The molecule has 0 radical (unpaired) electrons. The molecule has 2 amide bonds. The minimum Gasteiger partial charge on any atom is -0.481 e. The van der Waals surface area contributed by atoms with Gasteiger partial charge in [-0.2, -0.15) is 0 Å². The van der Waals surface area contributed by atoms with Crippen LogP contribution in [0.3, 0.4) is 0 Å². The van der Waals surface area contributed by atoms with Crippen molar-refractivity contribution in [2.24, 2.45) is 0 Å². The molecule has 1 aromatic heterocycles. The maximum absolute atomic E-state index is 11.4. The van der Waals surface area contributed by atoms with Crippen molar-refractivity contribution in [1.29, 1.82) is 0 Å². The zero-order valence-electron chi connectivity index (χ0n) is 10.6. The summed E-state index contributed by atoms with van der Waals surface area (Å²) in [6, 6.07) is 1.44. The molecule has 8 nitrogen and oxygen atoms in total. The lowest BCUT2D eigenvalue weighted by molar-refractivity contribution is -0.145. The van der Waals surface area contributed by atoms with Crippen LogP contribution in [0.4, 0.5) is 4.79 Å². The molecule has 1 heterocycles. The molecule has 1 atom stereocenters. The van der Waals surface area contributed by atoms with E-state index in [-0.39, 0.29) is 6.54 Å². The Hall–Kier alpha value is -2.64. The molecule has 0 aromatic carbocycles. The van der Waals surface area contributed by atoms with E-state index < -0.39 is 30.4 Å². The second-order valence-electron chi connectivity index (χ2n) is 4.00. The maximum atomic E-state index is 11.4. The van der Waals surface area contributed by atoms with E-state index in [2.05, 4.69) is 15.6 Å². The predicted molar refractivity (Wildman–Crippen MR) is 68.2 cm³/mol. The molecule has 0 spiro atoms. The Bertz CT molecular complexity index is 477. The van der Waals surface area contributed by atoms with Crippen molar-refractivity contribution in [1.82, 2.24) is 15.6 Å². The third-order valence-electron chi connectivity index (χ3n) is 2.40. The maximum Gasteiger partial charge on any atom is 0.326 e. The standard InChI is InChI=1S/C12H15N3O5/c16-10(17)6-9(11(18)19)15-12(20)14-5-3-8-2-1-4-13-7-8/h1-2,4,7,9H,3,5-6H2,(H,16,17)(H,18,19)(H2,14,15,20)/t9-/m1/s1. The molecule has 0 fully saturated rings. The van der Waals surface area contributed by atoms with Crippen LogP contribution in [0.2, 0.25) is 0 Å². The lowest BCUT2D eigenvalue weighted by Crippen LogP contribution is -2.47. The summed E-state index contributed by atoms with van der Waals surface area (Å²) in [5.74, 6) is -2.69. The number of hydrogen-bond donors (Lipinski definition) is 4. The van der Waals surface area contributed by atoms with Gasteiger partial charge in [0, 0.05) is 18.9 Å². The summed E-state index contributed by atoms with van der Waals surface area (Å²) < 4.78 is 0. The van der Waals surface area contributed by atoms with Crippen molar-refractivity contribution < 1.29 is 24.6 Å². The van der Waals surface area contributed by atoms with Gasteiger partial charge in [-0.3, -0.25) is 9.78 Å². The Morgan fingerprint density at radius 2 is 2.05 bits per heavy atom. The molecule has 0 aliphatic rings. The van der Waals surface area contributed by atoms with E-state index in [1.807, 2.05) is 6.07 Å². The van der Waals surface area contributed by atoms with Gasteiger partial charge in [-0.05, 0) is 18.1 Å². The lowest BCUT2D eigenvalue weighted by Gasteiger charge is -2.13. The van der Waals surface area contributed by atoms with E-state index in [4.69, 9.17) is 10.2 Å². The summed E-state index contributed by atoms with van der Waals surface area (Å²) in [7, 11) is 0. The first-order chi connectivity index (χ1) is 9.49. The fourth-order valence-corrected chi connectivity index (χ4v) is 1.45. The number of rotatable bonds is 7. The number of aromatic nitrogens is 1. The third-order valence-corrected chi connectivity index (χ3v) is 2.40. The fraction of sp³-hybridized carbons (Fsp3) is 0.333. The van der Waals surface area contributed by atoms with Gasteiger partial charge in [-0.15, -0.1) is 0 Å². The van der Waals surface area contributed by atoms with Crippen molar-refractivity contribution in [3.05, 3.63) is 30.1 Å². The van der Waals surface area contributed by atoms with Gasteiger partial charge in [0.05, 0.1) is 6.42 Å². The van der Waals surface area contributed by atoms with Crippen LogP contribution in [-0.4, -0.2) is 45.8 Å². The van der Waals surface area contributed by atoms with Crippen LogP contribution in [0, 0.1) is 0 Å². The number of nitrogens with zero attached hydrogens (tertiary/aromatic N) is 1. The number of pyridine rings is 1. The highest BCUT2D eigenvalue weighted by Gasteiger charge is 2.22. The minimum absolute atomic E-state index is 0.289. The van der Waals surface area contributed by atoms with Gasteiger partial charge in [0.25, 0.3) is 0 Å². The number of urea groups is 1. The summed E-state index contributed by atoms with van der Waals surface area (Å²) in [5.41, 5.74) is 0.924. The molecule has 0 saturated heterocycles. The van der Waals surface area contributed by atoms with Gasteiger partial charge in [0.1, 0.15) is 6.04 Å². The molecular weight excluding hydrogens is 266 g/mol. The highest BCUT2D eigenvalue weighted by atomic mass is 16.4. The Balaban J connectivity index is 2.35. The van der Waals surface area contributed by atoms with Crippen LogP contribution in [0.1, 0.15) is 12.0 Å². The van der Waals surface area contributed by atoms with Gasteiger partial charge >= 0.3 is 18.0 Å². The molecule has 0 aliphatic carbocycles. The summed E-state index contributed by atoms with van der Waals surface area (Å²) in [6.45, 7) is 0.289. The fourth-order valence-electron chi connectivity index (χ4n) is 1.45. The summed E-state index contributed by atoms with van der Waals surface area (Å²) in [4.78, 5) is 36.6. The molecule has 1 rings (SSSR count). The Labute approximate surface area is 114 Å². The second-order valence-corrected chi connectivity index (χ2v) is 4.00. The van der Waals surface area contributed by atoms with Crippen molar-refractivity contribution in [3.8, 4) is 0 Å². The molecule has 8 heteroatoms. The second kappa shape index (κ2) is 7.72. The molecule has 0 unspecified atom stereocenters. The average molecular weight is 281 g/mol. The quantitative estimate of drug-likeness (QED) is 0.550. The highest BCUT2D eigenvalue weighted by molar-refractivity contribution is 5.86.